The van der Waals surface area contributed by atoms with Crippen LogP contribution in [-0.4, -0.2) is 4.98 Å². The Hall–Kier alpha value is -0.310. The van der Waals surface area contributed by atoms with Crippen LogP contribution in [0.4, 0.5) is 0 Å². The molecule has 2 nitrogen and oxygen atoms in total. The molecule has 0 saturated heterocycles. The molecule has 1 heterocycles. The Bertz CT molecular complexity index is 240. The van der Waals surface area contributed by atoms with Gasteiger partial charge in [0.15, 0.2) is 0 Å². The summed E-state index contributed by atoms with van der Waals surface area (Å²) in [6.07, 6.45) is 0. The van der Waals surface area contributed by atoms with Crippen LogP contribution in [0, 0.1) is 0 Å². The second kappa shape index (κ2) is 3.39. The van der Waals surface area contributed by atoms with Crippen molar-refractivity contribution < 1.29 is 0 Å². The van der Waals surface area contributed by atoms with Crippen LogP contribution < -0.4 is 5.73 Å². The average molecular weight is 191 g/mol. The third-order valence-corrected chi connectivity index (χ3v) is 1.70. The second-order valence-electron chi connectivity index (χ2n) is 2.33. The minimum Gasteiger partial charge on any atom is -0.324 e. The molecule has 0 aliphatic heterocycles. The number of pyridine rings is 1. The topological polar surface area (TPSA) is 38.9 Å². The number of aromatic nitrogens is 1. The van der Waals surface area contributed by atoms with Gasteiger partial charge in [0, 0.05) is 6.04 Å². The first-order valence-corrected chi connectivity index (χ1v) is 3.94. The quantitative estimate of drug-likeness (QED) is 0.692. The molecule has 0 spiro atoms. The molecule has 0 saturated carbocycles. The average Bonchev–Trinajstić information content (AvgIpc) is 1.85. The number of nitrogens with zero attached hydrogens (tertiary/aromatic N) is 1. The van der Waals surface area contributed by atoms with Crippen molar-refractivity contribution in [1.82, 2.24) is 4.98 Å². The minimum absolute atomic E-state index is 0.0620. The molecule has 1 atom stereocenters. The van der Waals surface area contributed by atoms with E-state index in [0.717, 1.165) is 5.56 Å². The Balaban J connectivity index is 3.08. The highest BCUT2D eigenvalue weighted by Crippen LogP contribution is 2.18. The standard InChI is InChI=1S/C7H8Cl2N2/c1-4(10)5-2-6(8)11-7(9)3-5/h2-4H,10H2,1H3/t4-/m0/s1. The van der Waals surface area contributed by atoms with Crippen LogP contribution in [0.15, 0.2) is 12.1 Å². The normalized spacial score (nSPS) is 13.1. The van der Waals surface area contributed by atoms with E-state index in [4.69, 9.17) is 28.9 Å². The molecule has 0 bridgehead atoms. The fraction of sp³-hybridized carbons (Fsp3) is 0.286. The number of rotatable bonds is 1. The highest BCUT2D eigenvalue weighted by molar-refractivity contribution is 6.32. The molecule has 0 unspecified atom stereocenters. The van der Waals surface area contributed by atoms with E-state index in [2.05, 4.69) is 4.98 Å². The summed E-state index contributed by atoms with van der Waals surface area (Å²) in [4.78, 5) is 3.79. The minimum atomic E-state index is -0.0620. The molecule has 1 aromatic heterocycles. The van der Waals surface area contributed by atoms with Crippen molar-refractivity contribution in [3.8, 4) is 0 Å². The molecule has 60 valence electrons. The van der Waals surface area contributed by atoms with Gasteiger partial charge in [-0.25, -0.2) is 4.98 Å². The molecule has 0 aromatic carbocycles. The van der Waals surface area contributed by atoms with Crippen LogP contribution >= 0.6 is 23.2 Å². The van der Waals surface area contributed by atoms with Crippen molar-refractivity contribution in [1.29, 1.82) is 0 Å². The number of hydrogen-bond acceptors (Lipinski definition) is 2. The van der Waals surface area contributed by atoms with Crippen LogP contribution in [-0.2, 0) is 0 Å². The van der Waals surface area contributed by atoms with Crippen molar-refractivity contribution in [3.63, 3.8) is 0 Å². The lowest BCUT2D eigenvalue weighted by Crippen LogP contribution is -2.04. The highest BCUT2D eigenvalue weighted by Gasteiger charge is 2.02. The van der Waals surface area contributed by atoms with Crippen LogP contribution in [0.2, 0.25) is 10.3 Å². The summed E-state index contributed by atoms with van der Waals surface area (Å²) in [6.45, 7) is 1.86. The molecule has 0 radical (unpaired) electrons. The summed E-state index contributed by atoms with van der Waals surface area (Å²) < 4.78 is 0. The zero-order valence-corrected chi connectivity index (χ0v) is 7.52. The van der Waals surface area contributed by atoms with Gasteiger partial charge >= 0.3 is 0 Å². The van der Waals surface area contributed by atoms with E-state index in [0.29, 0.717) is 10.3 Å². The highest BCUT2D eigenvalue weighted by atomic mass is 35.5. The SMILES string of the molecule is C[C@H](N)c1cc(Cl)nc(Cl)c1. The van der Waals surface area contributed by atoms with E-state index < -0.39 is 0 Å². The Morgan fingerprint density at radius 1 is 1.36 bits per heavy atom. The number of hydrogen-bond donors (Lipinski definition) is 1. The van der Waals surface area contributed by atoms with E-state index in [9.17, 15) is 0 Å². The van der Waals surface area contributed by atoms with Crippen molar-refractivity contribution in [2.45, 2.75) is 13.0 Å². The van der Waals surface area contributed by atoms with Crippen molar-refractivity contribution in [2.24, 2.45) is 5.73 Å². The van der Waals surface area contributed by atoms with Crippen LogP contribution in [0.25, 0.3) is 0 Å². The maximum atomic E-state index is 5.64. The van der Waals surface area contributed by atoms with Gasteiger partial charge in [0.1, 0.15) is 10.3 Å². The van der Waals surface area contributed by atoms with Gasteiger partial charge in [-0.2, -0.15) is 0 Å². The van der Waals surface area contributed by atoms with Crippen molar-refractivity contribution in [2.75, 3.05) is 0 Å². The molecule has 11 heavy (non-hydrogen) atoms. The lowest BCUT2D eigenvalue weighted by Gasteiger charge is -2.04. The summed E-state index contributed by atoms with van der Waals surface area (Å²) in [5, 5.41) is 0.759. The molecular formula is C7H8Cl2N2. The van der Waals surface area contributed by atoms with Gasteiger partial charge in [-0.15, -0.1) is 0 Å². The summed E-state index contributed by atoms with van der Waals surface area (Å²) in [7, 11) is 0. The van der Waals surface area contributed by atoms with Crippen LogP contribution in [0.3, 0.4) is 0 Å². The Kier molecular flexibility index (Phi) is 2.71. The lowest BCUT2D eigenvalue weighted by atomic mass is 10.1. The molecule has 0 amide bonds. The predicted octanol–water partition coefficient (Wildman–Crippen LogP) is 2.41. The van der Waals surface area contributed by atoms with E-state index in [1.165, 1.54) is 0 Å². The Labute approximate surface area is 75.3 Å². The maximum Gasteiger partial charge on any atom is 0.131 e. The van der Waals surface area contributed by atoms with E-state index in [1.54, 1.807) is 12.1 Å². The molecule has 2 N–H and O–H groups in total. The molecule has 0 aliphatic rings. The van der Waals surface area contributed by atoms with Gasteiger partial charge in [0.2, 0.25) is 0 Å². The van der Waals surface area contributed by atoms with Gasteiger partial charge in [-0.05, 0) is 24.6 Å². The third kappa shape index (κ3) is 2.33. The maximum absolute atomic E-state index is 5.64. The molecule has 4 heteroatoms. The van der Waals surface area contributed by atoms with Gasteiger partial charge in [0.05, 0.1) is 0 Å². The molecule has 0 aliphatic carbocycles. The number of halogens is 2. The summed E-state index contributed by atoms with van der Waals surface area (Å²) >= 11 is 11.3. The summed E-state index contributed by atoms with van der Waals surface area (Å²) in [5.41, 5.74) is 6.50. The first kappa shape index (κ1) is 8.78. The fourth-order valence-corrected chi connectivity index (χ4v) is 1.22. The fourth-order valence-electron chi connectivity index (χ4n) is 0.746. The lowest BCUT2D eigenvalue weighted by molar-refractivity contribution is 0.815. The van der Waals surface area contributed by atoms with Gasteiger partial charge < -0.3 is 5.73 Å². The monoisotopic (exact) mass is 190 g/mol. The Morgan fingerprint density at radius 2 is 1.82 bits per heavy atom. The van der Waals surface area contributed by atoms with Crippen molar-refractivity contribution >= 4 is 23.2 Å². The zero-order valence-electron chi connectivity index (χ0n) is 6.01. The largest absolute Gasteiger partial charge is 0.324 e. The van der Waals surface area contributed by atoms with Crippen molar-refractivity contribution in [3.05, 3.63) is 28.0 Å². The summed E-state index contributed by atoms with van der Waals surface area (Å²) in [6, 6.07) is 3.35. The van der Waals surface area contributed by atoms with Crippen LogP contribution in [0.5, 0.6) is 0 Å². The first-order valence-electron chi connectivity index (χ1n) is 3.18. The molecule has 1 aromatic rings. The molecule has 1 rings (SSSR count). The first-order chi connectivity index (χ1) is 5.09. The zero-order chi connectivity index (χ0) is 8.43. The van der Waals surface area contributed by atoms with E-state index >= 15 is 0 Å². The van der Waals surface area contributed by atoms with Gasteiger partial charge in [-0.1, -0.05) is 23.2 Å². The van der Waals surface area contributed by atoms with E-state index in [-0.39, 0.29) is 6.04 Å². The second-order valence-corrected chi connectivity index (χ2v) is 3.11. The molecular weight excluding hydrogens is 183 g/mol. The number of nitrogens with two attached hydrogens (primary N) is 1. The summed E-state index contributed by atoms with van der Waals surface area (Å²) in [5.74, 6) is 0. The van der Waals surface area contributed by atoms with Gasteiger partial charge in [-0.3, -0.25) is 0 Å². The Morgan fingerprint density at radius 3 is 2.18 bits per heavy atom. The van der Waals surface area contributed by atoms with Gasteiger partial charge in [0.25, 0.3) is 0 Å². The predicted molar refractivity (Wildman–Crippen MR) is 46.9 cm³/mol. The van der Waals surface area contributed by atoms with E-state index in [1.807, 2.05) is 6.92 Å². The van der Waals surface area contributed by atoms with Crippen LogP contribution in [0.1, 0.15) is 18.5 Å². The third-order valence-electron chi connectivity index (χ3n) is 1.31. The smallest absolute Gasteiger partial charge is 0.131 e. The molecule has 0 fully saturated rings.